The minimum atomic E-state index is 0.416. The van der Waals surface area contributed by atoms with Gasteiger partial charge in [-0.15, -0.1) is 11.3 Å². The summed E-state index contributed by atoms with van der Waals surface area (Å²) in [5.74, 6) is 0. The molecule has 1 saturated carbocycles. The highest BCUT2D eigenvalue weighted by Gasteiger charge is 2.31. The molecule has 1 aromatic heterocycles. The Hall–Kier alpha value is -0.120. The van der Waals surface area contributed by atoms with Crippen LogP contribution >= 0.6 is 22.9 Å². The van der Waals surface area contributed by atoms with Crippen LogP contribution in [0.25, 0.3) is 0 Å². The molecule has 2 nitrogen and oxygen atoms in total. The molecule has 0 aromatic carbocycles. The molecule has 0 radical (unpaired) electrons. The van der Waals surface area contributed by atoms with Gasteiger partial charge in [0.1, 0.15) is 9.34 Å². The molecule has 0 saturated heterocycles. The van der Waals surface area contributed by atoms with E-state index in [2.05, 4.69) is 24.1 Å². The Kier molecular flexibility index (Phi) is 3.88. The van der Waals surface area contributed by atoms with Crippen molar-refractivity contribution >= 4 is 22.9 Å². The summed E-state index contributed by atoms with van der Waals surface area (Å²) in [5.41, 5.74) is 0.416. The highest BCUT2D eigenvalue weighted by atomic mass is 35.5. The number of hydrogen-bond donors (Lipinski definition) is 1. The average molecular weight is 259 g/mol. The molecule has 1 aliphatic rings. The number of halogens is 1. The van der Waals surface area contributed by atoms with E-state index in [9.17, 15) is 0 Å². The van der Waals surface area contributed by atoms with Crippen LogP contribution in [0.4, 0.5) is 0 Å². The van der Waals surface area contributed by atoms with Crippen LogP contribution in [-0.4, -0.2) is 11.0 Å². The molecule has 1 aromatic rings. The van der Waals surface area contributed by atoms with Crippen molar-refractivity contribution in [2.45, 2.75) is 52.1 Å². The number of thiazole rings is 1. The fourth-order valence-corrected chi connectivity index (χ4v) is 3.36. The summed E-state index contributed by atoms with van der Waals surface area (Å²) >= 11 is 7.43. The van der Waals surface area contributed by atoms with E-state index in [1.165, 1.54) is 25.7 Å². The second-order valence-corrected chi connectivity index (χ2v) is 6.97. The first-order chi connectivity index (χ1) is 7.58. The third-order valence-corrected chi connectivity index (χ3v) is 4.65. The van der Waals surface area contributed by atoms with Crippen molar-refractivity contribution in [1.82, 2.24) is 10.3 Å². The van der Waals surface area contributed by atoms with E-state index >= 15 is 0 Å². The normalized spacial score (nSPS) is 24.6. The predicted octanol–water partition coefficient (Wildman–Crippen LogP) is 3.85. The van der Waals surface area contributed by atoms with Gasteiger partial charge in [0, 0.05) is 12.6 Å². The van der Waals surface area contributed by atoms with Gasteiger partial charge in [-0.1, -0.05) is 38.3 Å². The number of hydrogen-bond acceptors (Lipinski definition) is 3. The fraction of sp³-hybridized carbons (Fsp3) is 0.750. The van der Waals surface area contributed by atoms with Gasteiger partial charge in [-0.3, -0.25) is 0 Å². The van der Waals surface area contributed by atoms with E-state index < -0.39 is 0 Å². The summed E-state index contributed by atoms with van der Waals surface area (Å²) in [6, 6.07) is 0.615. The van der Waals surface area contributed by atoms with Crippen LogP contribution in [0.1, 0.15) is 44.5 Å². The molecular formula is C12H19ClN2S. The Bertz CT molecular complexity index is 349. The molecule has 1 heterocycles. The first-order valence-corrected chi connectivity index (χ1v) is 7.11. The van der Waals surface area contributed by atoms with Gasteiger partial charge in [-0.2, -0.15) is 0 Å². The maximum atomic E-state index is 5.87. The molecule has 1 N–H and O–H groups in total. The van der Waals surface area contributed by atoms with Gasteiger partial charge < -0.3 is 5.32 Å². The van der Waals surface area contributed by atoms with Crippen molar-refractivity contribution in [3.05, 3.63) is 15.5 Å². The van der Waals surface area contributed by atoms with Gasteiger partial charge >= 0.3 is 0 Å². The lowest BCUT2D eigenvalue weighted by molar-refractivity contribution is 0.166. The lowest BCUT2D eigenvalue weighted by Crippen LogP contribution is -2.43. The molecule has 0 spiro atoms. The highest BCUT2D eigenvalue weighted by Crippen LogP contribution is 2.35. The molecule has 90 valence electrons. The molecule has 1 atom stereocenters. The fourth-order valence-electron chi connectivity index (χ4n) is 2.45. The van der Waals surface area contributed by atoms with Crippen molar-refractivity contribution in [3.63, 3.8) is 0 Å². The molecule has 1 unspecified atom stereocenters. The van der Waals surface area contributed by atoms with Gasteiger partial charge in [0.15, 0.2) is 0 Å². The Morgan fingerprint density at radius 3 is 3.00 bits per heavy atom. The third kappa shape index (κ3) is 2.96. The van der Waals surface area contributed by atoms with Gasteiger partial charge in [-0.05, 0) is 18.3 Å². The molecule has 1 aliphatic carbocycles. The summed E-state index contributed by atoms with van der Waals surface area (Å²) in [7, 11) is 0. The molecule has 0 aliphatic heterocycles. The molecule has 0 bridgehead atoms. The number of nitrogens with one attached hydrogen (secondary N) is 1. The quantitative estimate of drug-likeness (QED) is 0.891. The predicted molar refractivity (Wildman–Crippen MR) is 70.0 cm³/mol. The van der Waals surface area contributed by atoms with Gasteiger partial charge in [0.2, 0.25) is 0 Å². The number of aromatic nitrogens is 1. The Balaban J connectivity index is 1.89. The third-order valence-electron chi connectivity index (χ3n) is 3.53. The van der Waals surface area contributed by atoms with Crippen LogP contribution in [0.5, 0.6) is 0 Å². The summed E-state index contributed by atoms with van der Waals surface area (Å²) in [6.45, 7) is 5.57. The Labute approximate surface area is 106 Å². The summed E-state index contributed by atoms with van der Waals surface area (Å²) in [4.78, 5) is 4.27. The van der Waals surface area contributed by atoms with Crippen LogP contribution in [0.15, 0.2) is 6.20 Å². The molecule has 1 fully saturated rings. The van der Waals surface area contributed by atoms with Gasteiger partial charge in [-0.25, -0.2) is 4.98 Å². The summed E-state index contributed by atoms with van der Waals surface area (Å²) in [5, 5.41) is 4.72. The minimum absolute atomic E-state index is 0.416. The van der Waals surface area contributed by atoms with E-state index in [0.717, 1.165) is 15.9 Å². The summed E-state index contributed by atoms with van der Waals surface area (Å²) < 4.78 is 0.778. The molecule has 4 heteroatoms. The van der Waals surface area contributed by atoms with Crippen LogP contribution in [-0.2, 0) is 6.54 Å². The minimum Gasteiger partial charge on any atom is -0.307 e. The Morgan fingerprint density at radius 2 is 2.38 bits per heavy atom. The van der Waals surface area contributed by atoms with Crippen LogP contribution in [0.2, 0.25) is 4.34 Å². The van der Waals surface area contributed by atoms with Crippen molar-refractivity contribution in [2.24, 2.45) is 5.41 Å². The second kappa shape index (κ2) is 5.03. The van der Waals surface area contributed by atoms with E-state index in [1.807, 2.05) is 0 Å². The summed E-state index contributed by atoms with van der Waals surface area (Å²) in [6.07, 6.45) is 7.05. The van der Waals surface area contributed by atoms with Crippen molar-refractivity contribution in [1.29, 1.82) is 0 Å². The lowest BCUT2D eigenvalue weighted by atomic mass is 9.73. The molecular weight excluding hydrogens is 240 g/mol. The molecule has 2 rings (SSSR count). The van der Waals surface area contributed by atoms with E-state index in [1.54, 1.807) is 17.5 Å². The monoisotopic (exact) mass is 258 g/mol. The van der Waals surface area contributed by atoms with Gasteiger partial charge in [0.25, 0.3) is 0 Å². The van der Waals surface area contributed by atoms with E-state index in [4.69, 9.17) is 11.6 Å². The second-order valence-electron chi connectivity index (χ2n) is 5.23. The Morgan fingerprint density at radius 1 is 1.56 bits per heavy atom. The van der Waals surface area contributed by atoms with Crippen molar-refractivity contribution in [3.8, 4) is 0 Å². The van der Waals surface area contributed by atoms with E-state index in [0.29, 0.717) is 11.5 Å². The van der Waals surface area contributed by atoms with Gasteiger partial charge in [0.05, 0.1) is 6.20 Å². The maximum absolute atomic E-state index is 5.87. The zero-order valence-corrected chi connectivity index (χ0v) is 11.5. The molecule has 16 heavy (non-hydrogen) atoms. The largest absolute Gasteiger partial charge is 0.307 e. The van der Waals surface area contributed by atoms with Crippen LogP contribution in [0, 0.1) is 5.41 Å². The number of rotatable bonds is 3. The standard InChI is InChI=1S/C12H19ClN2S/c1-12(2)6-4-3-5-9(12)14-8-11-15-7-10(13)16-11/h7,9,14H,3-6,8H2,1-2H3. The first kappa shape index (κ1) is 12.3. The first-order valence-electron chi connectivity index (χ1n) is 5.91. The highest BCUT2D eigenvalue weighted by molar-refractivity contribution is 7.15. The zero-order chi connectivity index (χ0) is 11.6. The van der Waals surface area contributed by atoms with E-state index in [-0.39, 0.29) is 0 Å². The average Bonchev–Trinajstić information content (AvgIpc) is 2.62. The van der Waals surface area contributed by atoms with Crippen LogP contribution in [0.3, 0.4) is 0 Å². The smallest absolute Gasteiger partial charge is 0.113 e. The SMILES string of the molecule is CC1(C)CCCCC1NCc1ncc(Cl)s1. The van der Waals surface area contributed by atoms with Crippen molar-refractivity contribution in [2.75, 3.05) is 0 Å². The number of nitrogens with zero attached hydrogens (tertiary/aromatic N) is 1. The zero-order valence-electron chi connectivity index (χ0n) is 9.92. The van der Waals surface area contributed by atoms with Crippen molar-refractivity contribution < 1.29 is 0 Å². The van der Waals surface area contributed by atoms with Crippen LogP contribution < -0.4 is 5.32 Å². The maximum Gasteiger partial charge on any atom is 0.113 e. The lowest BCUT2D eigenvalue weighted by Gasteiger charge is -2.39. The molecule has 0 amide bonds. The topological polar surface area (TPSA) is 24.9 Å².